The number of benzene rings is 1. The molecule has 1 amide bonds. The Labute approximate surface area is 164 Å². The number of carbonyl (C=O) groups excluding carboxylic acids is 1. The number of carbonyl (C=O) groups is 1. The van der Waals surface area contributed by atoms with Crippen LogP contribution >= 0.6 is 22.9 Å². The van der Waals surface area contributed by atoms with Crippen LogP contribution in [-0.4, -0.2) is 25.7 Å². The van der Waals surface area contributed by atoms with Crippen molar-refractivity contribution in [2.24, 2.45) is 0 Å². The van der Waals surface area contributed by atoms with Crippen LogP contribution < -0.4 is 5.32 Å². The lowest BCUT2D eigenvalue weighted by Crippen LogP contribution is -2.29. The maximum absolute atomic E-state index is 12.8. The van der Waals surface area contributed by atoms with E-state index in [0.717, 1.165) is 18.4 Å². The normalized spacial score (nSPS) is 15.7. The number of hydrogen-bond donors (Lipinski definition) is 1. The van der Waals surface area contributed by atoms with Gasteiger partial charge in [0.25, 0.3) is 5.91 Å². The van der Waals surface area contributed by atoms with Crippen LogP contribution in [0.2, 0.25) is 5.02 Å². The molecule has 9 heteroatoms. The Balaban J connectivity index is 1.57. The Hall–Kier alpha value is -2.76. The molecule has 0 bridgehead atoms. The Morgan fingerprint density at radius 2 is 2.22 bits per heavy atom. The molecule has 4 rings (SSSR count). The number of thiazole rings is 1. The van der Waals surface area contributed by atoms with Gasteiger partial charge in [0.1, 0.15) is 6.33 Å². The van der Waals surface area contributed by atoms with Crippen LogP contribution in [-0.2, 0) is 5.41 Å². The third-order valence-corrected chi connectivity index (χ3v) is 5.55. The van der Waals surface area contributed by atoms with E-state index in [0.29, 0.717) is 21.5 Å². The quantitative estimate of drug-likeness (QED) is 0.710. The fourth-order valence-electron chi connectivity index (χ4n) is 2.95. The summed E-state index contributed by atoms with van der Waals surface area (Å²) in [4.78, 5) is 21.2. The molecular formula is C18H15ClN6OS. The molecule has 7 nitrogen and oxygen atoms in total. The van der Waals surface area contributed by atoms with Gasteiger partial charge in [0.15, 0.2) is 5.82 Å². The highest BCUT2D eigenvalue weighted by atomic mass is 35.5. The second kappa shape index (κ2) is 6.76. The molecule has 1 atom stereocenters. The minimum atomic E-state index is -0.503. The standard InChI is InChI=1S/C18H15ClN6OS/c1-11(15-22-10-23-25(15)17-21-4-5-27-17)24-16(26)12-6-13(8-14(19)7-12)18(9-20)2-3-18/h4-8,10-11H,2-3H2,1H3,(H,24,26)/t11-/m0/s1. The van der Waals surface area contributed by atoms with Gasteiger partial charge in [-0.1, -0.05) is 11.6 Å². The molecule has 2 aromatic heterocycles. The lowest BCUT2D eigenvalue weighted by atomic mass is 9.95. The average molecular weight is 399 g/mol. The zero-order valence-corrected chi connectivity index (χ0v) is 16.0. The maximum Gasteiger partial charge on any atom is 0.251 e. The van der Waals surface area contributed by atoms with Gasteiger partial charge in [-0.15, -0.1) is 11.3 Å². The Morgan fingerprint density at radius 1 is 1.41 bits per heavy atom. The van der Waals surface area contributed by atoms with Crippen LogP contribution in [0.5, 0.6) is 0 Å². The molecule has 2 heterocycles. The van der Waals surface area contributed by atoms with E-state index >= 15 is 0 Å². The van der Waals surface area contributed by atoms with E-state index in [2.05, 4.69) is 26.5 Å². The van der Waals surface area contributed by atoms with Crippen molar-refractivity contribution in [1.82, 2.24) is 25.1 Å². The smallest absolute Gasteiger partial charge is 0.251 e. The summed E-state index contributed by atoms with van der Waals surface area (Å²) in [5, 5.41) is 19.5. The number of halogens is 1. The van der Waals surface area contributed by atoms with Crippen molar-refractivity contribution < 1.29 is 4.79 Å². The Kier molecular flexibility index (Phi) is 4.42. The Morgan fingerprint density at radius 3 is 2.89 bits per heavy atom. The van der Waals surface area contributed by atoms with Crippen LogP contribution in [0.25, 0.3) is 5.13 Å². The van der Waals surface area contributed by atoms with E-state index in [1.54, 1.807) is 29.1 Å². The summed E-state index contributed by atoms with van der Waals surface area (Å²) in [6.07, 6.45) is 4.70. The molecule has 1 aromatic carbocycles. The zero-order chi connectivity index (χ0) is 19.0. The van der Waals surface area contributed by atoms with Gasteiger partial charge in [0.2, 0.25) is 5.13 Å². The summed E-state index contributed by atoms with van der Waals surface area (Å²) >= 11 is 7.62. The summed E-state index contributed by atoms with van der Waals surface area (Å²) in [6, 6.07) is 7.05. The monoisotopic (exact) mass is 398 g/mol. The fraction of sp³-hybridized carbons (Fsp3) is 0.278. The lowest BCUT2D eigenvalue weighted by molar-refractivity contribution is 0.0938. The van der Waals surface area contributed by atoms with Gasteiger partial charge in [-0.05, 0) is 43.5 Å². The van der Waals surface area contributed by atoms with E-state index < -0.39 is 11.5 Å². The molecule has 1 saturated carbocycles. The summed E-state index contributed by atoms with van der Waals surface area (Å²) in [6.45, 7) is 1.83. The van der Waals surface area contributed by atoms with Gasteiger partial charge in [0, 0.05) is 22.2 Å². The van der Waals surface area contributed by atoms with Crippen molar-refractivity contribution in [3.63, 3.8) is 0 Å². The second-order valence-electron chi connectivity index (χ2n) is 6.46. The van der Waals surface area contributed by atoms with Crippen LogP contribution in [0.15, 0.2) is 36.1 Å². The molecule has 1 aliphatic rings. The van der Waals surface area contributed by atoms with Crippen molar-refractivity contribution >= 4 is 28.8 Å². The van der Waals surface area contributed by atoms with Crippen molar-refractivity contribution in [2.75, 3.05) is 0 Å². The number of nitriles is 1. The van der Waals surface area contributed by atoms with Crippen LogP contribution in [0, 0.1) is 11.3 Å². The van der Waals surface area contributed by atoms with Gasteiger partial charge in [0.05, 0.1) is 17.5 Å². The first-order valence-electron chi connectivity index (χ1n) is 8.35. The van der Waals surface area contributed by atoms with Crippen molar-refractivity contribution in [2.45, 2.75) is 31.2 Å². The minimum absolute atomic E-state index is 0.284. The Bertz CT molecular complexity index is 1030. The van der Waals surface area contributed by atoms with E-state index in [4.69, 9.17) is 11.6 Å². The largest absolute Gasteiger partial charge is 0.342 e. The fourth-order valence-corrected chi connectivity index (χ4v) is 3.79. The van der Waals surface area contributed by atoms with Crippen LogP contribution in [0.3, 0.4) is 0 Å². The third-order valence-electron chi connectivity index (χ3n) is 4.59. The number of amides is 1. The summed E-state index contributed by atoms with van der Waals surface area (Å²) < 4.78 is 1.61. The highest BCUT2D eigenvalue weighted by Crippen LogP contribution is 2.48. The summed E-state index contributed by atoms with van der Waals surface area (Å²) in [5.41, 5.74) is 0.712. The first-order chi connectivity index (χ1) is 13.0. The minimum Gasteiger partial charge on any atom is -0.342 e. The lowest BCUT2D eigenvalue weighted by Gasteiger charge is -2.15. The van der Waals surface area contributed by atoms with Crippen LogP contribution in [0.1, 0.15) is 47.6 Å². The average Bonchev–Trinajstić information content (AvgIpc) is 3.06. The molecule has 0 radical (unpaired) electrons. The number of nitrogens with zero attached hydrogens (tertiary/aromatic N) is 5. The topological polar surface area (TPSA) is 96.5 Å². The molecule has 27 heavy (non-hydrogen) atoms. The highest BCUT2D eigenvalue weighted by molar-refractivity contribution is 7.12. The van der Waals surface area contributed by atoms with Crippen molar-refractivity contribution in [3.8, 4) is 11.2 Å². The number of hydrogen-bond acceptors (Lipinski definition) is 6. The molecule has 0 saturated heterocycles. The molecule has 1 fully saturated rings. The highest BCUT2D eigenvalue weighted by Gasteiger charge is 2.45. The molecule has 0 spiro atoms. The number of aromatic nitrogens is 4. The molecule has 1 aliphatic carbocycles. The molecular weight excluding hydrogens is 384 g/mol. The van der Waals surface area contributed by atoms with E-state index in [1.165, 1.54) is 17.7 Å². The maximum atomic E-state index is 12.8. The summed E-state index contributed by atoms with van der Waals surface area (Å²) in [5.74, 6) is 0.296. The number of rotatable bonds is 5. The van der Waals surface area contributed by atoms with Gasteiger partial charge >= 0.3 is 0 Å². The van der Waals surface area contributed by atoms with E-state index in [-0.39, 0.29) is 5.91 Å². The first kappa shape index (κ1) is 17.6. The van der Waals surface area contributed by atoms with E-state index in [9.17, 15) is 10.1 Å². The van der Waals surface area contributed by atoms with Crippen molar-refractivity contribution in [3.05, 3.63) is 58.1 Å². The van der Waals surface area contributed by atoms with Gasteiger partial charge in [-0.25, -0.2) is 9.97 Å². The molecule has 0 unspecified atom stereocenters. The first-order valence-corrected chi connectivity index (χ1v) is 9.61. The zero-order valence-electron chi connectivity index (χ0n) is 14.4. The van der Waals surface area contributed by atoms with Gasteiger partial charge < -0.3 is 5.32 Å². The van der Waals surface area contributed by atoms with E-state index in [1.807, 2.05) is 12.3 Å². The second-order valence-corrected chi connectivity index (χ2v) is 7.77. The molecule has 3 aromatic rings. The van der Waals surface area contributed by atoms with Gasteiger partial charge in [-0.2, -0.15) is 15.0 Å². The summed E-state index contributed by atoms with van der Waals surface area (Å²) in [7, 11) is 0. The predicted octanol–water partition coefficient (Wildman–Crippen LogP) is 3.42. The molecule has 0 aliphatic heterocycles. The molecule has 1 N–H and O–H groups in total. The third kappa shape index (κ3) is 3.31. The SMILES string of the molecule is C[C@H](NC(=O)c1cc(Cl)cc(C2(C#N)CC2)c1)c1ncnn1-c1nccs1. The van der Waals surface area contributed by atoms with Crippen LogP contribution in [0.4, 0.5) is 0 Å². The van der Waals surface area contributed by atoms with Crippen molar-refractivity contribution in [1.29, 1.82) is 5.26 Å². The van der Waals surface area contributed by atoms with Gasteiger partial charge in [-0.3, -0.25) is 4.79 Å². The molecule has 136 valence electrons. The predicted molar refractivity (Wildman–Crippen MR) is 101 cm³/mol. The number of nitrogens with one attached hydrogen (secondary N) is 1.